The van der Waals surface area contributed by atoms with E-state index < -0.39 is 53.8 Å². The number of nitrogens with one attached hydrogen (secondary N) is 3. The van der Waals surface area contributed by atoms with Crippen LogP contribution in [0.4, 0.5) is 0 Å². The summed E-state index contributed by atoms with van der Waals surface area (Å²) in [6.07, 6.45) is 0.663. The van der Waals surface area contributed by atoms with Crippen molar-refractivity contribution in [3.8, 4) is 0 Å². The van der Waals surface area contributed by atoms with Crippen molar-refractivity contribution < 1.29 is 33.9 Å². The number of likely N-dealkylation sites (tertiary alicyclic amines) is 1. The number of benzene rings is 2. The second kappa shape index (κ2) is 16.4. The molecule has 0 radical (unpaired) electrons. The number of thioether (sulfide) groups is 1. The molecule has 1 aliphatic heterocycles. The minimum atomic E-state index is -1.13. The number of rotatable bonds is 14. The number of carbonyl (C=O) groups is 6. The smallest absolute Gasteiger partial charge is 0.303 e. The normalized spacial score (nSPS) is 16.4. The van der Waals surface area contributed by atoms with E-state index in [-0.39, 0.29) is 18.0 Å². The number of aliphatic carboxylic acids is 1. The minimum absolute atomic E-state index is 0.183. The Bertz CT molecular complexity index is 1290. The zero-order valence-corrected chi connectivity index (χ0v) is 25.1. The van der Waals surface area contributed by atoms with Crippen molar-refractivity contribution in [2.24, 2.45) is 0 Å². The molecule has 11 nitrogen and oxygen atoms in total. The monoisotopic (exact) mass is 610 g/mol. The number of hydrogen-bond acceptors (Lipinski definition) is 7. The molecule has 1 heterocycles. The maximum Gasteiger partial charge on any atom is 0.303 e. The molecule has 12 heteroatoms. The lowest BCUT2D eigenvalue weighted by atomic mass is 10.1. The molecule has 230 valence electrons. The summed E-state index contributed by atoms with van der Waals surface area (Å²) in [5.41, 5.74) is 1.88. The average Bonchev–Trinajstić information content (AvgIpc) is 3.49. The molecular weight excluding hydrogens is 572 g/mol. The Labute approximate surface area is 255 Å². The molecule has 4 N–H and O–H groups in total. The second-order valence-corrected chi connectivity index (χ2v) is 11.4. The minimum Gasteiger partial charge on any atom is -0.481 e. The van der Waals surface area contributed by atoms with Crippen molar-refractivity contribution in [1.29, 1.82) is 0 Å². The maximum absolute atomic E-state index is 13.5. The van der Waals surface area contributed by atoms with E-state index in [9.17, 15) is 28.8 Å². The maximum atomic E-state index is 13.5. The molecule has 0 spiro atoms. The molecule has 4 amide bonds. The van der Waals surface area contributed by atoms with Gasteiger partial charge in [-0.05, 0) is 37.8 Å². The van der Waals surface area contributed by atoms with Gasteiger partial charge in [-0.3, -0.25) is 28.8 Å². The Hall–Kier alpha value is -4.19. The van der Waals surface area contributed by atoms with Crippen LogP contribution >= 0.6 is 11.8 Å². The Kier molecular flexibility index (Phi) is 12.7. The molecule has 43 heavy (non-hydrogen) atoms. The van der Waals surface area contributed by atoms with Gasteiger partial charge in [-0.1, -0.05) is 72.4 Å². The van der Waals surface area contributed by atoms with Crippen molar-refractivity contribution >= 4 is 46.5 Å². The van der Waals surface area contributed by atoms with Gasteiger partial charge in [-0.25, -0.2) is 0 Å². The lowest BCUT2D eigenvalue weighted by Crippen LogP contribution is -2.56. The topological polar surface area (TPSA) is 162 Å². The Morgan fingerprint density at radius 3 is 2.12 bits per heavy atom. The molecule has 3 rings (SSSR count). The first-order valence-corrected chi connectivity index (χ1v) is 15.2. The fourth-order valence-electron chi connectivity index (χ4n) is 4.69. The lowest BCUT2D eigenvalue weighted by molar-refractivity contribution is -0.141. The third kappa shape index (κ3) is 10.5. The Balaban J connectivity index is 1.61. The molecule has 0 aromatic heterocycles. The lowest BCUT2D eigenvalue weighted by Gasteiger charge is -2.29. The predicted molar refractivity (Wildman–Crippen MR) is 162 cm³/mol. The summed E-state index contributed by atoms with van der Waals surface area (Å²) in [7, 11) is 0. The van der Waals surface area contributed by atoms with Crippen LogP contribution in [0.15, 0.2) is 60.7 Å². The third-order valence-corrected chi connectivity index (χ3v) is 8.06. The summed E-state index contributed by atoms with van der Waals surface area (Å²) in [6.45, 7) is 3.24. The van der Waals surface area contributed by atoms with Crippen molar-refractivity contribution in [3.05, 3.63) is 71.8 Å². The van der Waals surface area contributed by atoms with Gasteiger partial charge in [0.2, 0.25) is 28.7 Å². The van der Waals surface area contributed by atoms with E-state index in [1.165, 1.54) is 18.7 Å². The molecular formula is C31H38N4O7S. The molecule has 4 unspecified atom stereocenters. The van der Waals surface area contributed by atoms with Crippen molar-refractivity contribution in [1.82, 2.24) is 20.9 Å². The number of amides is 4. The van der Waals surface area contributed by atoms with Gasteiger partial charge in [-0.15, -0.1) is 0 Å². The van der Waals surface area contributed by atoms with Crippen LogP contribution in [0.1, 0.15) is 50.7 Å². The Morgan fingerprint density at radius 1 is 0.860 bits per heavy atom. The zero-order chi connectivity index (χ0) is 31.4. The van der Waals surface area contributed by atoms with Crippen LogP contribution in [-0.4, -0.2) is 75.4 Å². The van der Waals surface area contributed by atoms with Crippen LogP contribution in [0.2, 0.25) is 0 Å². The summed E-state index contributed by atoms with van der Waals surface area (Å²) >= 11 is 1.13. The van der Waals surface area contributed by atoms with Gasteiger partial charge in [0.05, 0.1) is 6.42 Å². The molecule has 4 atom stereocenters. The fourth-order valence-corrected chi connectivity index (χ4v) is 5.54. The van der Waals surface area contributed by atoms with Gasteiger partial charge in [-0.2, -0.15) is 0 Å². The van der Waals surface area contributed by atoms with E-state index in [1.54, 1.807) is 0 Å². The number of hydrogen-bond donors (Lipinski definition) is 4. The molecule has 1 fully saturated rings. The van der Waals surface area contributed by atoms with Crippen LogP contribution < -0.4 is 16.0 Å². The first kappa shape index (κ1) is 33.3. The summed E-state index contributed by atoms with van der Waals surface area (Å²) in [6, 6.07) is 15.4. The zero-order valence-electron chi connectivity index (χ0n) is 24.3. The fraction of sp³-hybridized carbons (Fsp3) is 0.419. The van der Waals surface area contributed by atoms with Gasteiger partial charge >= 0.3 is 5.97 Å². The molecule has 2 aromatic carbocycles. The second-order valence-electron chi connectivity index (χ2n) is 10.4. The van der Waals surface area contributed by atoms with Crippen LogP contribution in [-0.2, 0) is 40.9 Å². The van der Waals surface area contributed by atoms with Gasteiger partial charge in [0.15, 0.2) is 0 Å². The largest absolute Gasteiger partial charge is 0.481 e. The molecule has 0 saturated carbocycles. The average molecular weight is 611 g/mol. The number of carbonyl (C=O) groups excluding carboxylic acids is 5. The first-order valence-electron chi connectivity index (χ1n) is 14.2. The molecule has 1 saturated heterocycles. The number of nitrogens with zero attached hydrogens (tertiary/aromatic N) is 1. The van der Waals surface area contributed by atoms with Crippen LogP contribution in [0, 0.1) is 0 Å². The van der Waals surface area contributed by atoms with E-state index in [0.29, 0.717) is 31.6 Å². The van der Waals surface area contributed by atoms with E-state index in [4.69, 9.17) is 5.11 Å². The van der Waals surface area contributed by atoms with Gasteiger partial charge in [0, 0.05) is 25.1 Å². The highest BCUT2D eigenvalue weighted by Gasteiger charge is 2.38. The van der Waals surface area contributed by atoms with E-state index >= 15 is 0 Å². The van der Waals surface area contributed by atoms with Crippen molar-refractivity contribution in [3.63, 3.8) is 0 Å². The summed E-state index contributed by atoms with van der Waals surface area (Å²) < 4.78 is 0. The first-order chi connectivity index (χ1) is 20.5. The van der Waals surface area contributed by atoms with E-state index in [1.807, 2.05) is 60.7 Å². The van der Waals surface area contributed by atoms with Gasteiger partial charge < -0.3 is 26.0 Å². The van der Waals surface area contributed by atoms with E-state index in [2.05, 4.69) is 16.0 Å². The summed E-state index contributed by atoms with van der Waals surface area (Å²) in [4.78, 5) is 76.6. The standard InChI is InChI=1S/C31H38N4O7S/c1-20(32-26(36)15-16-27(37)38)28(39)33-21(2)30(41)35-17-9-14-25(35)29(40)34-24(18-22-10-5-3-6-11-22)31(42)43-19-23-12-7-4-8-13-23/h3-8,10-13,20-21,24-25H,9,14-19H2,1-2H3,(H,32,36)(H,33,39)(H,34,40)(H,37,38). The van der Waals surface area contributed by atoms with Gasteiger partial charge in [0.1, 0.15) is 24.2 Å². The SMILES string of the molecule is CC(NC(=O)CCC(=O)O)C(=O)NC(C)C(=O)N1CCCC1C(=O)NC(Cc1ccccc1)C(=O)SCc1ccccc1. The molecule has 0 aliphatic carbocycles. The molecule has 2 aromatic rings. The third-order valence-electron chi connectivity index (χ3n) is 7.01. The summed E-state index contributed by atoms with van der Waals surface area (Å²) in [5, 5.41) is 16.4. The van der Waals surface area contributed by atoms with Crippen molar-refractivity contribution in [2.75, 3.05) is 6.54 Å². The van der Waals surface area contributed by atoms with Crippen LogP contribution in [0.5, 0.6) is 0 Å². The van der Waals surface area contributed by atoms with Crippen LogP contribution in [0.3, 0.4) is 0 Å². The molecule has 0 bridgehead atoms. The predicted octanol–water partition coefficient (Wildman–Crippen LogP) is 2.04. The highest BCUT2D eigenvalue weighted by atomic mass is 32.2. The van der Waals surface area contributed by atoms with Gasteiger partial charge in [0.25, 0.3) is 0 Å². The molecule has 1 aliphatic rings. The Morgan fingerprint density at radius 2 is 1.49 bits per heavy atom. The number of carboxylic acid groups (broad SMARTS) is 1. The summed E-state index contributed by atoms with van der Waals surface area (Å²) in [5.74, 6) is -2.77. The highest BCUT2D eigenvalue weighted by molar-refractivity contribution is 8.13. The van der Waals surface area contributed by atoms with E-state index in [0.717, 1.165) is 22.9 Å². The van der Waals surface area contributed by atoms with Crippen molar-refractivity contribution in [2.45, 2.75) is 75.9 Å². The highest BCUT2D eigenvalue weighted by Crippen LogP contribution is 2.21. The quantitative estimate of drug-likeness (QED) is 0.253. The van der Waals surface area contributed by atoms with Crippen LogP contribution in [0.25, 0.3) is 0 Å². The number of carboxylic acids is 1.